The second-order valence-electron chi connectivity index (χ2n) is 5.49. The van der Waals surface area contributed by atoms with Gasteiger partial charge in [0.2, 0.25) is 0 Å². The minimum Gasteiger partial charge on any atom is -0.371 e. The Morgan fingerprint density at radius 3 is 2.75 bits per heavy atom. The lowest BCUT2D eigenvalue weighted by molar-refractivity contribution is 0.0776. The molecule has 1 fully saturated rings. The van der Waals surface area contributed by atoms with Gasteiger partial charge in [-0.15, -0.1) is 0 Å². The Balaban J connectivity index is 2.21. The van der Waals surface area contributed by atoms with E-state index < -0.39 is 5.82 Å². The van der Waals surface area contributed by atoms with E-state index in [0.29, 0.717) is 25.0 Å². The molecule has 5 nitrogen and oxygen atoms in total. The Labute approximate surface area is 118 Å². The third kappa shape index (κ3) is 2.60. The second-order valence-corrected chi connectivity index (χ2v) is 5.49. The number of anilines is 1. The third-order valence-electron chi connectivity index (χ3n) is 3.88. The Kier molecular flexibility index (Phi) is 4.23. The molecule has 0 aliphatic carbocycles. The van der Waals surface area contributed by atoms with Crippen LogP contribution in [0.3, 0.4) is 0 Å². The highest BCUT2D eigenvalue weighted by Gasteiger charge is 2.35. The zero-order valence-corrected chi connectivity index (χ0v) is 12.4. The van der Waals surface area contributed by atoms with Crippen molar-refractivity contribution in [2.45, 2.75) is 13.0 Å². The molecule has 2 unspecified atom stereocenters. The molecule has 110 valence electrons. The molecular formula is C14H21FN4O. The highest BCUT2D eigenvalue weighted by Crippen LogP contribution is 2.23. The van der Waals surface area contributed by atoms with Crippen LogP contribution in [0.2, 0.25) is 0 Å². The number of rotatable bonds is 3. The highest BCUT2D eigenvalue weighted by molar-refractivity contribution is 5.95. The summed E-state index contributed by atoms with van der Waals surface area (Å²) in [6, 6.07) is 1.75. The van der Waals surface area contributed by atoms with Crippen molar-refractivity contribution in [3.8, 4) is 0 Å². The average Bonchev–Trinajstić information content (AvgIpc) is 2.80. The van der Waals surface area contributed by atoms with E-state index in [1.165, 1.54) is 12.3 Å². The lowest BCUT2D eigenvalue weighted by Crippen LogP contribution is -2.36. The zero-order chi connectivity index (χ0) is 14.9. The van der Waals surface area contributed by atoms with Crippen LogP contribution in [0.25, 0.3) is 0 Å². The van der Waals surface area contributed by atoms with Crippen LogP contribution in [0.15, 0.2) is 12.3 Å². The summed E-state index contributed by atoms with van der Waals surface area (Å²) in [5, 5.41) is 2.65. The number of nitrogens with one attached hydrogen (secondary N) is 1. The van der Waals surface area contributed by atoms with Crippen molar-refractivity contribution in [3.63, 3.8) is 0 Å². The van der Waals surface area contributed by atoms with Gasteiger partial charge in [-0.3, -0.25) is 4.79 Å². The summed E-state index contributed by atoms with van der Waals surface area (Å²) < 4.78 is 14.1. The number of aromatic nitrogens is 1. The Hall–Kier alpha value is -1.69. The Bertz CT molecular complexity index is 506. The number of nitrogens with zero attached hydrogens (tertiary/aromatic N) is 3. The zero-order valence-electron chi connectivity index (χ0n) is 12.4. The summed E-state index contributed by atoms with van der Waals surface area (Å²) in [5.74, 6) is -0.367. The first-order valence-electron chi connectivity index (χ1n) is 6.73. The number of carbonyl (C=O) groups is 1. The van der Waals surface area contributed by atoms with Crippen LogP contribution < -0.4 is 5.32 Å². The van der Waals surface area contributed by atoms with Crippen LogP contribution in [0.5, 0.6) is 0 Å². The number of halogens is 1. The molecule has 1 aliphatic heterocycles. The van der Waals surface area contributed by atoms with Gasteiger partial charge in [0.05, 0.1) is 5.56 Å². The lowest BCUT2D eigenvalue weighted by Gasteiger charge is -2.22. The number of likely N-dealkylation sites (tertiary alicyclic amines) is 1. The van der Waals surface area contributed by atoms with Gasteiger partial charge in [0.25, 0.3) is 5.91 Å². The van der Waals surface area contributed by atoms with E-state index in [2.05, 4.69) is 22.1 Å². The molecular weight excluding hydrogens is 259 g/mol. The molecule has 1 saturated heterocycles. The number of hydrogen-bond donors (Lipinski definition) is 1. The molecule has 0 saturated carbocycles. The first-order valence-corrected chi connectivity index (χ1v) is 6.73. The van der Waals surface area contributed by atoms with Crippen LogP contribution in [-0.4, -0.2) is 61.0 Å². The van der Waals surface area contributed by atoms with Gasteiger partial charge in [-0.25, -0.2) is 9.37 Å². The molecule has 2 atom stereocenters. The van der Waals surface area contributed by atoms with E-state index in [9.17, 15) is 9.18 Å². The summed E-state index contributed by atoms with van der Waals surface area (Å²) in [6.45, 7) is 3.39. The van der Waals surface area contributed by atoms with Crippen molar-refractivity contribution in [1.29, 1.82) is 0 Å². The topological polar surface area (TPSA) is 48.5 Å². The fraction of sp³-hybridized carbons (Fsp3) is 0.571. The molecule has 2 rings (SSSR count). The average molecular weight is 280 g/mol. The summed E-state index contributed by atoms with van der Waals surface area (Å²) in [6.07, 6.45) is 1.45. The third-order valence-corrected chi connectivity index (χ3v) is 3.88. The van der Waals surface area contributed by atoms with Gasteiger partial charge in [0, 0.05) is 32.4 Å². The highest BCUT2D eigenvalue weighted by atomic mass is 19.1. The van der Waals surface area contributed by atoms with Gasteiger partial charge in [0.15, 0.2) is 11.6 Å². The van der Waals surface area contributed by atoms with Crippen molar-refractivity contribution in [1.82, 2.24) is 14.8 Å². The van der Waals surface area contributed by atoms with E-state index in [-0.39, 0.29) is 17.3 Å². The molecule has 0 spiro atoms. The van der Waals surface area contributed by atoms with Crippen LogP contribution in [0.1, 0.15) is 17.3 Å². The Morgan fingerprint density at radius 1 is 1.50 bits per heavy atom. The maximum absolute atomic E-state index is 14.1. The summed E-state index contributed by atoms with van der Waals surface area (Å²) in [4.78, 5) is 20.1. The van der Waals surface area contributed by atoms with E-state index in [0.717, 1.165) is 0 Å². The quantitative estimate of drug-likeness (QED) is 0.906. The molecule has 1 aromatic rings. The second kappa shape index (κ2) is 5.75. The smallest absolute Gasteiger partial charge is 0.257 e. The van der Waals surface area contributed by atoms with Crippen molar-refractivity contribution in [2.24, 2.45) is 5.92 Å². The van der Waals surface area contributed by atoms with Crippen LogP contribution in [-0.2, 0) is 0 Å². The molecule has 1 aliphatic rings. The van der Waals surface area contributed by atoms with Crippen LogP contribution in [0.4, 0.5) is 10.2 Å². The van der Waals surface area contributed by atoms with E-state index >= 15 is 0 Å². The largest absolute Gasteiger partial charge is 0.371 e. The first-order chi connectivity index (χ1) is 9.45. The summed E-state index contributed by atoms with van der Waals surface area (Å²) >= 11 is 0. The monoisotopic (exact) mass is 280 g/mol. The number of carbonyl (C=O) groups excluding carboxylic acids is 1. The molecule has 1 N–H and O–H groups in total. The number of hydrogen-bond acceptors (Lipinski definition) is 4. The van der Waals surface area contributed by atoms with Crippen LogP contribution >= 0.6 is 0 Å². The van der Waals surface area contributed by atoms with Gasteiger partial charge >= 0.3 is 0 Å². The normalized spacial score (nSPS) is 22.4. The fourth-order valence-electron chi connectivity index (χ4n) is 2.74. The maximum Gasteiger partial charge on any atom is 0.257 e. The Morgan fingerprint density at radius 2 is 2.20 bits per heavy atom. The predicted octanol–water partition coefficient (Wildman–Crippen LogP) is 1.28. The summed E-state index contributed by atoms with van der Waals surface area (Å²) in [7, 11) is 5.59. The molecule has 1 amide bonds. The van der Waals surface area contributed by atoms with E-state index in [1.807, 2.05) is 14.1 Å². The van der Waals surface area contributed by atoms with Gasteiger partial charge in [-0.05, 0) is 26.1 Å². The molecule has 20 heavy (non-hydrogen) atoms. The maximum atomic E-state index is 14.1. The van der Waals surface area contributed by atoms with E-state index in [4.69, 9.17) is 0 Å². The van der Waals surface area contributed by atoms with Crippen molar-refractivity contribution >= 4 is 11.7 Å². The molecule has 0 aromatic carbocycles. The molecule has 2 heterocycles. The number of amides is 1. The first kappa shape index (κ1) is 14.7. The molecule has 6 heteroatoms. The van der Waals surface area contributed by atoms with Gasteiger partial charge < -0.3 is 15.1 Å². The van der Waals surface area contributed by atoms with Crippen molar-refractivity contribution in [2.75, 3.05) is 39.5 Å². The predicted molar refractivity (Wildman–Crippen MR) is 76.3 cm³/mol. The standard InChI is InChI=1S/C14H21FN4O/c1-9-7-19(8-11(9)18(3)4)14(20)10-5-6-17-13(16-2)12(10)15/h5-6,9,11H,7-8H2,1-4H3,(H,16,17). The van der Waals surface area contributed by atoms with E-state index in [1.54, 1.807) is 11.9 Å². The fourth-order valence-corrected chi connectivity index (χ4v) is 2.74. The number of pyridine rings is 1. The summed E-state index contributed by atoms with van der Waals surface area (Å²) in [5.41, 5.74) is 0.0796. The van der Waals surface area contributed by atoms with Gasteiger partial charge in [-0.2, -0.15) is 0 Å². The molecule has 0 radical (unpaired) electrons. The molecule has 1 aromatic heterocycles. The van der Waals surface area contributed by atoms with Crippen molar-refractivity contribution in [3.05, 3.63) is 23.6 Å². The number of likely N-dealkylation sites (N-methyl/N-ethyl adjacent to an activating group) is 1. The molecule has 0 bridgehead atoms. The lowest BCUT2D eigenvalue weighted by atomic mass is 10.1. The van der Waals surface area contributed by atoms with Crippen LogP contribution in [0, 0.1) is 11.7 Å². The van der Waals surface area contributed by atoms with Gasteiger partial charge in [-0.1, -0.05) is 6.92 Å². The van der Waals surface area contributed by atoms with Gasteiger partial charge in [0.1, 0.15) is 0 Å². The minimum atomic E-state index is -0.582. The minimum absolute atomic E-state index is 0.0796. The van der Waals surface area contributed by atoms with Crippen molar-refractivity contribution < 1.29 is 9.18 Å². The SMILES string of the molecule is CNc1nccc(C(=O)N2CC(C)C(N(C)C)C2)c1F.